The number of rotatable bonds is 4. The molecule has 2 aromatic rings. The van der Waals surface area contributed by atoms with Crippen LogP contribution in [0.1, 0.15) is 31.5 Å². The molecule has 0 spiro atoms. The molecule has 0 saturated heterocycles. The average molecular weight is 277 g/mol. The summed E-state index contributed by atoms with van der Waals surface area (Å²) in [4.78, 5) is 4.73. The van der Waals surface area contributed by atoms with Gasteiger partial charge in [0.2, 0.25) is 0 Å². The molecule has 5 heteroatoms. The van der Waals surface area contributed by atoms with Gasteiger partial charge in [-0.15, -0.1) is 0 Å². The lowest BCUT2D eigenvalue weighted by atomic mass is 10.3. The number of imidazole rings is 1. The van der Waals surface area contributed by atoms with E-state index in [2.05, 4.69) is 4.57 Å². The topological polar surface area (TPSA) is 60.9 Å². The highest BCUT2D eigenvalue weighted by Crippen LogP contribution is 2.41. The van der Waals surface area contributed by atoms with Crippen LogP contribution in [0.15, 0.2) is 18.2 Å². The summed E-state index contributed by atoms with van der Waals surface area (Å²) in [5.74, 6) is 1.71. The normalized spacial score (nSPS) is 18.6. The molecule has 2 unspecified atom stereocenters. The molecule has 1 aliphatic carbocycles. The molecule has 1 aromatic heterocycles. The monoisotopic (exact) mass is 277 g/mol. The van der Waals surface area contributed by atoms with Crippen molar-refractivity contribution >= 4 is 27.5 Å². The van der Waals surface area contributed by atoms with E-state index in [-0.39, 0.29) is 5.25 Å². The number of benzene rings is 1. The molecule has 1 aromatic carbocycles. The standard InChI is InChI=1S/C14H19N3OS/c1-9(19(2)18)8-17-13-6-5-11(15)7-12(13)16-14(17)10-3-4-10/h5-7,9-10H,3-4,8,15H2,1-2H3. The van der Waals surface area contributed by atoms with Gasteiger partial charge in [-0.3, -0.25) is 4.21 Å². The van der Waals surface area contributed by atoms with Crippen molar-refractivity contribution in [1.29, 1.82) is 0 Å². The van der Waals surface area contributed by atoms with E-state index in [1.54, 1.807) is 6.26 Å². The fourth-order valence-electron chi connectivity index (χ4n) is 2.37. The van der Waals surface area contributed by atoms with Crippen LogP contribution in [0.25, 0.3) is 11.0 Å². The molecule has 0 bridgehead atoms. The fraction of sp³-hybridized carbons (Fsp3) is 0.500. The van der Waals surface area contributed by atoms with Crippen LogP contribution in [0, 0.1) is 0 Å². The lowest BCUT2D eigenvalue weighted by Gasteiger charge is -2.13. The fourth-order valence-corrected chi connectivity index (χ4v) is 2.73. The number of nitrogens with zero attached hydrogens (tertiary/aromatic N) is 2. The molecule has 0 radical (unpaired) electrons. The van der Waals surface area contributed by atoms with Gasteiger partial charge in [0, 0.05) is 40.5 Å². The largest absolute Gasteiger partial charge is 0.399 e. The van der Waals surface area contributed by atoms with Gasteiger partial charge in [-0.25, -0.2) is 4.98 Å². The van der Waals surface area contributed by atoms with Crippen LogP contribution in [0.4, 0.5) is 5.69 Å². The summed E-state index contributed by atoms with van der Waals surface area (Å²) >= 11 is 0. The van der Waals surface area contributed by atoms with Crippen LogP contribution in [-0.4, -0.2) is 25.3 Å². The number of anilines is 1. The van der Waals surface area contributed by atoms with Crippen molar-refractivity contribution in [2.45, 2.75) is 37.5 Å². The van der Waals surface area contributed by atoms with Crippen molar-refractivity contribution in [2.75, 3.05) is 12.0 Å². The summed E-state index contributed by atoms with van der Waals surface area (Å²) in [6.07, 6.45) is 4.18. The Morgan fingerprint density at radius 3 is 2.89 bits per heavy atom. The molecular weight excluding hydrogens is 258 g/mol. The summed E-state index contributed by atoms with van der Waals surface area (Å²) in [7, 11) is -0.817. The highest BCUT2D eigenvalue weighted by atomic mass is 32.2. The first-order valence-corrected chi connectivity index (χ1v) is 8.26. The Kier molecular flexibility index (Phi) is 3.09. The van der Waals surface area contributed by atoms with Crippen molar-refractivity contribution in [3.63, 3.8) is 0 Å². The van der Waals surface area contributed by atoms with Gasteiger partial charge in [-0.1, -0.05) is 0 Å². The Balaban J connectivity index is 2.08. The predicted octanol–water partition coefficient (Wildman–Crippen LogP) is 2.26. The van der Waals surface area contributed by atoms with Crippen molar-refractivity contribution in [3.8, 4) is 0 Å². The molecule has 4 nitrogen and oxygen atoms in total. The molecule has 1 saturated carbocycles. The van der Waals surface area contributed by atoms with Crippen molar-refractivity contribution in [3.05, 3.63) is 24.0 Å². The Hall–Kier alpha value is -1.36. The quantitative estimate of drug-likeness (QED) is 0.872. The SMILES string of the molecule is CC(Cn1c(C2CC2)nc2cc(N)ccc21)S(C)=O. The minimum atomic E-state index is -0.817. The zero-order chi connectivity index (χ0) is 13.6. The molecule has 2 N–H and O–H groups in total. The third-order valence-corrected chi connectivity index (χ3v) is 5.03. The molecule has 3 rings (SSSR count). The van der Waals surface area contributed by atoms with Gasteiger partial charge in [0.15, 0.2) is 0 Å². The number of nitrogens with two attached hydrogens (primary N) is 1. The van der Waals surface area contributed by atoms with E-state index in [0.717, 1.165) is 29.1 Å². The molecule has 19 heavy (non-hydrogen) atoms. The van der Waals surface area contributed by atoms with Crippen LogP contribution in [0.5, 0.6) is 0 Å². The third-order valence-electron chi connectivity index (χ3n) is 3.75. The minimum Gasteiger partial charge on any atom is -0.399 e. The van der Waals surface area contributed by atoms with Crippen molar-refractivity contribution < 1.29 is 4.21 Å². The summed E-state index contributed by atoms with van der Waals surface area (Å²) in [6.45, 7) is 2.78. The van der Waals surface area contributed by atoms with E-state index in [4.69, 9.17) is 10.7 Å². The molecule has 0 aliphatic heterocycles. The summed E-state index contributed by atoms with van der Waals surface area (Å²) in [5.41, 5.74) is 8.63. The molecule has 0 amide bonds. The number of hydrogen-bond donors (Lipinski definition) is 1. The second-order valence-electron chi connectivity index (χ2n) is 5.41. The maximum Gasteiger partial charge on any atom is 0.113 e. The Bertz CT molecular complexity index is 645. The number of nitrogen functional groups attached to an aromatic ring is 1. The molecule has 1 fully saturated rings. The van der Waals surface area contributed by atoms with E-state index in [1.807, 2.05) is 25.1 Å². The third kappa shape index (κ3) is 2.39. The molecule has 2 atom stereocenters. The van der Waals surface area contributed by atoms with Crippen LogP contribution < -0.4 is 5.73 Å². The maximum atomic E-state index is 11.6. The van der Waals surface area contributed by atoms with Gasteiger partial charge in [0.25, 0.3) is 0 Å². The van der Waals surface area contributed by atoms with E-state index in [1.165, 1.54) is 12.8 Å². The smallest absolute Gasteiger partial charge is 0.113 e. The van der Waals surface area contributed by atoms with Gasteiger partial charge < -0.3 is 10.3 Å². The second kappa shape index (κ2) is 4.63. The van der Waals surface area contributed by atoms with E-state index < -0.39 is 10.8 Å². The van der Waals surface area contributed by atoms with Crippen LogP contribution >= 0.6 is 0 Å². The van der Waals surface area contributed by atoms with E-state index in [9.17, 15) is 4.21 Å². The van der Waals surface area contributed by atoms with Crippen LogP contribution in [-0.2, 0) is 17.3 Å². The first kappa shape index (κ1) is 12.7. The highest BCUT2D eigenvalue weighted by molar-refractivity contribution is 7.84. The molecular formula is C14H19N3OS. The Labute approximate surface area is 115 Å². The van der Waals surface area contributed by atoms with Gasteiger partial charge in [-0.05, 0) is 38.0 Å². The predicted molar refractivity (Wildman–Crippen MR) is 79.6 cm³/mol. The summed E-state index contributed by atoms with van der Waals surface area (Å²) < 4.78 is 13.8. The van der Waals surface area contributed by atoms with Crippen LogP contribution in [0.3, 0.4) is 0 Å². The summed E-state index contributed by atoms with van der Waals surface area (Å²) in [6, 6.07) is 5.85. The maximum absolute atomic E-state index is 11.6. The highest BCUT2D eigenvalue weighted by Gasteiger charge is 2.30. The number of fused-ring (bicyclic) bond motifs is 1. The zero-order valence-electron chi connectivity index (χ0n) is 11.3. The second-order valence-corrected chi connectivity index (χ2v) is 7.21. The molecule has 1 heterocycles. The van der Waals surface area contributed by atoms with Gasteiger partial charge >= 0.3 is 0 Å². The average Bonchev–Trinajstić information content (AvgIpc) is 3.13. The van der Waals surface area contributed by atoms with E-state index >= 15 is 0 Å². The molecule has 1 aliphatic rings. The zero-order valence-corrected chi connectivity index (χ0v) is 12.1. The Morgan fingerprint density at radius 2 is 2.26 bits per heavy atom. The van der Waals surface area contributed by atoms with Gasteiger partial charge in [-0.2, -0.15) is 0 Å². The minimum absolute atomic E-state index is 0.132. The lowest BCUT2D eigenvalue weighted by Crippen LogP contribution is -2.18. The first-order valence-electron chi connectivity index (χ1n) is 6.64. The lowest BCUT2D eigenvalue weighted by molar-refractivity contribution is 0.633. The van der Waals surface area contributed by atoms with Crippen molar-refractivity contribution in [1.82, 2.24) is 9.55 Å². The van der Waals surface area contributed by atoms with Crippen LogP contribution in [0.2, 0.25) is 0 Å². The van der Waals surface area contributed by atoms with Gasteiger partial charge in [0.1, 0.15) is 5.82 Å². The van der Waals surface area contributed by atoms with Crippen molar-refractivity contribution in [2.24, 2.45) is 0 Å². The van der Waals surface area contributed by atoms with Gasteiger partial charge in [0.05, 0.1) is 11.0 Å². The van der Waals surface area contributed by atoms with E-state index in [0.29, 0.717) is 5.92 Å². The number of hydrogen-bond acceptors (Lipinski definition) is 3. The Morgan fingerprint density at radius 1 is 1.53 bits per heavy atom. The molecule has 102 valence electrons. The summed E-state index contributed by atoms with van der Waals surface area (Å²) in [5, 5.41) is 0.132. The number of aromatic nitrogens is 2. The first-order chi connectivity index (χ1) is 9.06.